The van der Waals surface area contributed by atoms with Crippen LogP contribution in [0, 0.1) is 0 Å². The fourth-order valence-corrected chi connectivity index (χ4v) is 1.71. The summed E-state index contributed by atoms with van der Waals surface area (Å²) in [6.07, 6.45) is 0. The Bertz CT molecular complexity index is 639. The summed E-state index contributed by atoms with van der Waals surface area (Å²) in [5.74, 6) is -0.220. The molecule has 0 bridgehead atoms. The normalized spacial score (nSPS) is 9.81. The molecular formula is C16H17N3O2. The molecule has 0 aliphatic rings. The van der Waals surface area contributed by atoms with Gasteiger partial charge < -0.3 is 15.5 Å². The number of hydrogen-bond acceptors (Lipinski definition) is 2. The second-order valence-electron chi connectivity index (χ2n) is 4.69. The van der Waals surface area contributed by atoms with E-state index in [0.29, 0.717) is 16.9 Å². The zero-order valence-corrected chi connectivity index (χ0v) is 12.0. The number of carbonyl (C=O) groups excluding carboxylic acids is 2. The van der Waals surface area contributed by atoms with E-state index in [0.717, 1.165) is 0 Å². The molecule has 0 atom stereocenters. The summed E-state index contributed by atoms with van der Waals surface area (Å²) in [6, 6.07) is 15.7. The molecule has 21 heavy (non-hydrogen) atoms. The van der Waals surface area contributed by atoms with Crippen molar-refractivity contribution in [3.63, 3.8) is 0 Å². The van der Waals surface area contributed by atoms with Crippen molar-refractivity contribution in [3.8, 4) is 0 Å². The highest BCUT2D eigenvalue weighted by Gasteiger charge is 2.11. The zero-order chi connectivity index (χ0) is 15.2. The summed E-state index contributed by atoms with van der Waals surface area (Å²) < 4.78 is 0. The number of nitrogens with one attached hydrogen (secondary N) is 2. The maximum Gasteiger partial charge on any atom is 0.321 e. The van der Waals surface area contributed by atoms with Crippen LogP contribution in [0.15, 0.2) is 54.6 Å². The van der Waals surface area contributed by atoms with Crippen molar-refractivity contribution in [2.75, 3.05) is 24.7 Å². The lowest BCUT2D eigenvalue weighted by atomic mass is 10.2. The van der Waals surface area contributed by atoms with Crippen LogP contribution in [0.4, 0.5) is 16.2 Å². The van der Waals surface area contributed by atoms with Gasteiger partial charge in [0.15, 0.2) is 0 Å². The van der Waals surface area contributed by atoms with E-state index < -0.39 is 0 Å². The van der Waals surface area contributed by atoms with Crippen molar-refractivity contribution in [1.29, 1.82) is 0 Å². The van der Waals surface area contributed by atoms with E-state index in [1.165, 1.54) is 4.90 Å². The van der Waals surface area contributed by atoms with E-state index in [-0.39, 0.29) is 11.9 Å². The van der Waals surface area contributed by atoms with Gasteiger partial charge in [-0.25, -0.2) is 4.79 Å². The molecule has 0 heterocycles. The van der Waals surface area contributed by atoms with Crippen molar-refractivity contribution >= 4 is 23.3 Å². The molecule has 0 radical (unpaired) electrons. The predicted molar refractivity (Wildman–Crippen MR) is 83.5 cm³/mol. The standard InChI is InChI=1S/C16H17N3O2/c1-19(2)16(21)18-14-11-7-6-10-13(14)17-15(20)12-8-4-3-5-9-12/h3-11H,1-2H3,(H,17,20)(H,18,21). The number of carbonyl (C=O) groups is 2. The summed E-state index contributed by atoms with van der Waals surface area (Å²) in [5, 5.41) is 5.54. The molecule has 0 saturated carbocycles. The third-order valence-corrected chi connectivity index (χ3v) is 2.86. The molecule has 0 aliphatic heterocycles. The van der Waals surface area contributed by atoms with Gasteiger partial charge >= 0.3 is 6.03 Å². The lowest BCUT2D eigenvalue weighted by Crippen LogP contribution is -2.28. The lowest BCUT2D eigenvalue weighted by molar-refractivity contribution is 0.102. The number of para-hydroxylation sites is 2. The van der Waals surface area contributed by atoms with E-state index in [1.54, 1.807) is 62.6 Å². The fourth-order valence-electron chi connectivity index (χ4n) is 1.71. The summed E-state index contributed by atoms with van der Waals surface area (Å²) in [4.78, 5) is 25.3. The number of rotatable bonds is 3. The van der Waals surface area contributed by atoms with Crippen molar-refractivity contribution in [2.24, 2.45) is 0 Å². The second kappa shape index (κ2) is 6.56. The average molecular weight is 283 g/mol. The molecule has 5 nitrogen and oxygen atoms in total. The smallest absolute Gasteiger partial charge is 0.321 e. The third-order valence-electron chi connectivity index (χ3n) is 2.86. The molecule has 0 fully saturated rings. The van der Waals surface area contributed by atoms with Crippen LogP contribution in [-0.2, 0) is 0 Å². The highest BCUT2D eigenvalue weighted by Crippen LogP contribution is 2.22. The van der Waals surface area contributed by atoms with Gasteiger partial charge in [-0.2, -0.15) is 0 Å². The SMILES string of the molecule is CN(C)C(=O)Nc1ccccc1NC(=O)c1ccccc1. The van der Waals surface area contributed by atoms with Gasteiger partial charge in [0, 0.05) is 19.7 Å². The van der Waals surface area contributed by atoms with Crippen molar-refractivity contribution in [1.82, 2.24) is 4.90 Å². The maximum atomic E-state index is 12.2. The largest absolute Gasteiger partial charge is 0.331 e. The Hall–Kier alpha value is -2.82. The Morgan fingerprint density at radius 2 is 1.33 bits per heavy atom. The van der Waals surface area contributed by atoms with Gasteiger partial charge in [0.1, 0.15) is 0 Å². The first-order valence-electron chi connectivity index (χ1n) is 6.51. The molecule has 108 valence electrons. The molecule has 2 N–H and O–H groups in total. The van der Waals surface area contributed by atoms with Crippen molar-refractivity contribution in [2.45, 2.75) is 0 Å². The minimum atomic E-state index is -0.253. The first-order chi connectivity index (χ1) is 10.1. The molecule has 2 rings (SSSR count). The first-order valence-corrected chi connectivity index (χ1v) is 6.51. The zero-order valence-electron chi connectivity index (χ0n) is 12.0. The molecule has 0 aliphatic carbocycles. The van der Waals surface area contributed by atoms with E-state index in [4.69, 9.17) is 0 Å². The molecule has 5 heteroatoms. The molecule has 2 aromatic rings. The summed E-state index contributed by atoms with van der Waals surface area (Å²) in [6.45, 7) is 0. The van der Waals surface area contributed by atoms with E-state index in [9.17, 15) is 9.59 Å². The van der Waals surface area contributed by atoms with Crippen LogP contribution in [0.25, 0.3) is 0 Å². The topological polar surface area (TPSA) is 61.4 Å². The molecule has 3 amide bonds. The highest BCUT2D eigenvalue weighted by atomic mass is 16.2. The molecule has 0 unspecified atom stereocenters. The Labute approximate surface area is 123 Å². The number of urea groups is 1. The Morgan fingerprint density at radius 1 is 0.810 bits per heavy atom. The molecule has 0 spiro atoms. The van der Waals surface area contributed by atoms with Crippen LogP contribution in [0.2, 0.25) is 0 Å². The van der Waals surface area contributed by atoms with Gasteiger partial charge in [-0.05, 0) is 24.3 Å². The Balaban J connectivity index is 2.17. The van der Waals surface area contributed by atoms with Crippen molar-refractivity contribution in [3.05, 3.63) is 60.2 Å². The highest BCUT2D eigenvalue weighted by molar-refractivity contribution is 6.07. The van der Waals surface area contributed by atoms with Crippen LogP contribution in [0.1, 0.15) is 10.4 Å². The van der Waals surface area contributed by atoms with Crippen LogP contribution in [0.5, 0.6) is 0 Å². The lowest BCUT2D eigenvalue weighted by Gasteiger charge is -2.15. The minimum Gasteiger partial charge on any atom is -0.331 e. The van der Waals surface area contributed by atoms with Crippen LogP contribution >= 0.6 is 0 Å². The predicted octanol–water partition coefficient (Wildman–Crippen LogP) is 3.03. The molecule has 0 aromatic heterocycles. The van der Waals surface area contributed by atoms with Gasteiger partial charge in [0.2, 0.25) is 0 Å². The fraction of sp³-hybridized carbons (Fsp3) is 0.125. The monoisotopic (exact) mass is 283 g/mol. The van der Waals surface area contributed by atoms with Crippen LogP contribution in [0.3, 0.4) is 0 Å². The number of amides is 3. The molecule has 0 saturated heterocycles. The maximum absolute atomic E-state index is 12.2. The third kappa shape index (κ3) is 3.82. The Kier molecular flexibility index (Phi) is 4.56. The van der Waals surface area contributed by atoms with E-state index in [2.05, 4.69) is 10.6 Å². The average Bonchev–Trinajstić information content (AvgIpc) is 2.50. The molecule has 2 aromatic carbocycles. The number of nitrogens with zero attached hydrogens (tertiary/aromatic N) is 1. The van der Waals surface area contributed by atoms with Gasteiger partial charge in [0.25, 0.3) is 5.91 Å². The minimum absolute atomic E-state index is 0.220. The number of benzene rings is 2. The van der Waals surface area contributed by atoms with Crippen LogP contribution < -0.4 is 10.6 Å². The Morgan fingerprint density at radius 3 is 1.90 bits per heavy atom. The first kappa shape index (κ1) is 14.6. The quantitative estimate of drug-likeness (QED) is 0.909. The number of anilines is 2. The van der Waals surface area contributed by atoms with Crippen molar-refractivity contribution < 1.29 is 9.59 Å². The van der Waals surface area contributed by atoms with Gasteiger partial charge in [-0.3, -0.25) is 4.79 Å². The van der Waals surface area contributed by atoms with Gasteiger partial charge in [-0.15, -0.1) is 0 Å². The van der Waals surface area contributed by atoms with Crippen LogP contribution in [-0.4, -0.2) is 30.9 Å². The van der Waals surface area contributed by atoms with E-state index in [1.807, 2.05) is 6.07 Å². The number of hydrogen-bond donors (Lipinski definition) is 2. The van der Waals surface area contributed by atoms with E-state index >= 15 is 0 Å². The van der Waals surface area contributed by atoms with Gasteiger partial charge in [0.05, 0.1) is 11.4 Å². The summed E-state index contributed by atoms with van der Waals surface area (Å²) in [7, 11) is 3.31. The summed E-state index contributed by atoms with van der Waals surface area (Å²) in [5.41, 5.74) is 1.67. The second-order valence-corrected chi connectivity index (χ2v) is 4.69. The van der Waals surface area contributed by atoms with Gasteiger partial charge in [-0.1, -0.05) is 30.3 Å². The molecular weight excluding hydrogens is 266 g/mol. The summed E-state index contributed by atoms with van der Waals surface area (Å²) >= 11 is 0.